The molecule has 0 bridgehead atoms. The molecule has 1 heterocycles. The zero-order valence-electron chi connectivity index (χ0n) is 11.3. The van der Waals surface area contributed by atoms with Gasteiger partial charge in [-0.1, -0.05) is 17.7 Å². The van der Waals surface area contributed by atoms with Crippen molar-refractivity contribution >= 4 is 0 Å². The van der Waals surface area contributed by atoms with Gasteiger partial charge < -0.3 is 14.2 Å². The van der Waals surface area contributed by atoms with Crippen LogP contribution in [0.25, 0.3) is 0 Å². The smallest absolute Gasteiger partial charge is 0.185 e. The minimum atomic E-state index is 0.337. The molecule has 0 aliphatic heterocycles. The molecule has 4 heteroatoms. The lowest BCUT2D eigenvalue weighted by atomic mass is 10.2. The van der Waals surface area contributed by atoms with Gasteiger partial charge in [0.25, 0.3) is 0 Å². The second-order valence-corrected chi connectivity index (χ2v) is 4.09. The molecule has 100 valence electrons. The zero-order chi connectivity index (χ0) is 13.7. The molecule has 0 spiro atoms. The Morgan fingerprint density at radius 1 is 1.00 bits per heavy atom. The number of rotatable bonds is 5. The van der Waals surface area contributed by atoms with Gasteiger partial charge in [-0.15, -0.1) is 0 Å². The monoisotopic (exact) mass is 259 g/mol. The summed E-state index contributed by atoms with van der Waals surface area (Å²) in [4.78, 5) is 4.26. The Hall–Kier alpha value is -2.23. The fraction of sp³-hybridized carbons (Fsp3) is 0.267. The summed E-state index contributed by atoms with van der Waals surface area (Å²) in [6.45, 7) is 2.37. The van der Waals surface area contributed by atoms with E-state index in [0.717, 1.165) is 5.75 Å². The van der Waals surface area contributed by atoms with E-state index in [1.807, 2.05) is 31.2 Å². The van der Waals surface area contributed by atoms with Crippen molar-refractivity contribution in [1.29, 1.82) is 0 Å². The third-order valence-electron chi connectivity index (χ3n) is 2.76. The van der Waals surface area contributed by atoms with E-state index in [4.69, 9.17) is 14.2 Å². The van der Waals surface area contributed by atoms with Crippen LogP contribution in [0.3, 0.4) is 0 Å². The number of aryl methyl sites for hydroxylation is 1. The Morgan fingerprint density at radius 2 is 1.74 bits per heavy atom. The molecule has 0 fully saturated rings. The summed E-state index contributed by atoms with van der Waals surface area (Å²) in [7, 11) is 3.19. The molecule has 2 aromatic rings. The van der Waals surface area contributed by atoms with E-state index in [-0.39, 0.29) is 0 Å². The highest BCUT2D eigenvalue weighted by Gasteiger charge is 2.11. The van der Waals surface area contributed by atoms with E-state index in [2.05, 4.69) is 4.98 Å². The van der Waals surface area contributed by atoms with Gasteiger partial charge in [-0.05, 0) is 19.1 Å². The average Bonchev–Trinajstić information content (AvgIpc) is 2.46. The molecule has 0 N–H and O–H groups in total. The molecule has 2 rings (SSSR count). The van der Waals surface area contributed by atoms with Crippen molar-refractivity contribution in [1.82, 2.24) is 4.98 Å². The van der Waals surface area contributed by atoms with E-state index < -0.39 is 0 Å². The fourth-order valence-electron chi connectivity index (χ4n) is 1.74. The predicted molar refractivity (Wildman–Crippen MR) is 72.9 cm³/mol. The second-order valence-electron chi connectivity index (χ2n) is 4.09. The van der Waals surface area contributed by atoms with E-state index in [1.165, 1.54) is 5.56 Å². The maximum Gasteiger partial charge on any atom is 0.185 e. The van der Waals surface area contributed by atoms with Crippen molar-refractivity contribution in [2.24, 2.45) is 0 Å². The standard InChI is InChI=1S/C15H17NO3/c1-11-4-6-12(7-5-11)19-10-13-15(18-3)14(17-2)8-9-16-13/h4-9H,10H2,1-3H3. The SMILES string of the molecule is COc1ccnc(COc2ccc(C)cc2)c1OC. The summed E-state index contributed by atoms with van der Waals surface area (Å²) < 4.78 is 16.2. The molecule has 0 radical (unpaired) electrons. The van der Waals surface area contributed by atoms with Crippen LogP contribution in [0.4, 0.5) is 0 Å². The van der Waals surface area contributed by atoms with Crippen LogP contribution < -0.4 is 14.2 Å². The lowest BCUT2D eigenvalue weighted by molar-refractivity contribution is 0.285. The molecule has 0 saturated heterocycles. The quantitative estimate of drug-likeness (QED) is 0.827. The van der Waals surface area contributed by atoms with Crippen LogP contribution in [0.2, 0.25) is 0 Å². The highest BCUT2D eigenvalue weighted by atomic mass is 16.5. The van der Waals surface area contributed by atoms with Crippen LogP contribution in [-0.4, -0.2) is 19.2 Å². The molecular formula is C15H17NO3. The number of hydrogen-bond donors (Lipinski definition) is 0. The van der Waals surface area contributed by atoms with Gasteiger partial charge in [-0.3, -0.25) is 4.98 Å². The van der Waals surface area contributed by atoms with E-state index in [9.17, 15) is 0 Å². The maximum atomic E-state index is 5.69. The number of nitrogens with zero attached hydrogens (tertiary/aromatic N) is 1. The minimum Gasteiger partial charge on any atom is -0.493 e. The first-order chi connectivity index (χ1) is 9.24. The molecule has 0 aliphatic carbocycles. The third kappa shape index (κ3) is 3.16. The third-order valence-corrected chi connectivity index (χ3v) is 2.76. The molecule has 0 aliphatic rings. The first-order valence-electron chi connectivity index (χ1n) is 6.00. The van der Waals surface area contributed by atoms with E-state index in [0.29, 0.717) is 23.8 Å². The van der Waals surface area contributed by atoms with E-state index >= 15 is 0 Å². The Balaban J connectivity index is 2.13. The fourth-order valence-corrected chi connectivity index (χ4v) is 1.74. The van der Waals surface area contributed by atoms with Crippen LogP contribution in [-0.2, 0) is 6.61 Å². The van der Waals surface area contributed by atoms with Crippen LogP contribution in [0.1, 0.15) is 11.3 Å². The molecule has 1 aromatic carbocycles. The Bertz CT molecular complexity index is 538. The molecule has 0 saturated carbocycles. The summed E-state index contributed by atoms with van der Waals surface area (Å²) in [6, 6.07) is 9.63. The molecule has 4 nitrogen and oxygen atoms in total. The summed E-state index contributed by atoms with van der Waals surface area (Å²) in [5.41, 5.74) is 1.91. The van der Waals surface area contributed by atoms with Gasteiger partial charge in [0.1, 0.15) is 18.1 Å². The molecule has 19 heavy (non-hydrogen) atoms. The normalized spacial score (nSPS) is 10.1. The van der Waals surface area contributed by atoms with Gasteiger partial charge >= 0.3 is 0 Å². The van der Waals surface area contributed by atoms with Crippen molar-refractivity contribution < 1.29 is 14.2 Å². The van der Waals surface area contributed by atoms with Crippen LogP contribution >= 0.6 is 0 Å². The minimum absolute atomic E-state index is 0.337. The number of ether oxygens (including phenoxy) is 3. The summed E-state index contributed by atoms with van der Waals surface area (Å²) in [5.74, 6) is 2.06. The molecule has 0 atom stereocenters. The van der Waals surface area contributed by atoms with Crippen LogP contribution in [0.5, 0.6) is 17.2 Å². The van der Waals surface area contributed by atoms with Gasteiger partial charge in [0, 0.05) is 12.3 Å². The summed E-state index contributed by atoms with van der Waals surface area (Å²) in [6.07, 6.45) is 1.68. The van der Waals surface area contributed by atoms with Crippen molar-refractivity contribution in [2.75, 3.05) is 14.2 Å². The number of hydrogen-bond acceptors (Lipinski definition) is 4. The van der Waals surface area contributed by atoms with Gasteiger partial charge in [-0.2, -0.15) is 0 Å². The van der Waals surface area contributed by atoms with Crippen molar-refractivity contribution in [3.05, 3.63) is 47.8 Å². The van der Waals surface area contributed by atoms with Gasteiger partial charge in [0.05, 0.1) is 14.2 Å². The Kier molecular flexibility index (Phi) is 4.23. The van der Waals surface area contributed by atoms with Gasteiger partial charge in [-0.25, -0.2) is 0 Å². The first-order valence-corrected chi connectivity index (χ1v) is 6.00. The number of benzene rings is 1. The van der Waals surface area contributed by atoms with E-state index in [1.54, 1.807) is 26.5 Å². The topological polar surface area (TPSA) is 40.6 Å². The Morgan fingerprint density at radius 3 is 2.37 bits per heavy atom. The Labute approximate surface area is 113 Å². The predicted octanol–water partition coefficient (Wildman–Crippen LogP) is 2.99. The maximum absolute atomic E-state index is 5.69. The lowest BCUT2D eigenvalue weighted by Gasteiger charge is -2.12. The van der Waals surface area contributed by atoms with Crippen molar-refractivity contribution in [3.8, 4) is 17.2 Å². The first kappa shape index (κ1) is 13.2. The van der Waals surface area contributed by atoms with Crippen molar-refractivity contribution in [2.45, 2.75) is 13.5 Å². The molecule has 0 amide bonds. The largest absolute Gasteiger partial charge is 0.493 e. The molecular weight excluding hydrogens is 242 g/mol. The number of aromatic nitrogens is 1. The highest BCUT2D eigenvalue weighted by molar-refractivity contribution is 5.42. The highest BCUT2D eigenvalue weighted by Crippen LogP contribution is 2.29. The van der Waals surface area contributed by atoms with Gasteiger partial charge in [0.15, 0.2) is 11.5 Å². The zero-order valence-corrected chi connectivity index (χ0v) is 11.3. The summed E-state index contributed by atoms with van der Waals surface area (Å²) >= 11 is 0. The van der Waals surface area contributed by atoms with Crippen LogP contribution in [0, 0.1) is 6.92 Å². The van der Waals surface area contributed by atoms with Gasteiger partial charge in [0.2, 0.25) is 0 Å². The van der Waals surface area contributed by atoms with Crippen molar-refractivity contribution in [3.63, 3.8) is 0 Å². The molecule has 0 unspecified atom stereocenters. The van der Waals surface area contributed by atoms with Crippen LogP contribution in [0.15, 0.2) is 36.5 Å². The summed E-state index contributed by atoms with van der Waals surface area (Å²) in [5, 5.41) is 0. The number of methoxy groups -OCH3 is 2. The molecule has 1 aromatic heterocycles. The second kappa shape index (κ2) is 6.09. The average molecular weight is 259 g/mol. The lowest BCUT2D eigenvalue weighted by Crippen LogP contribution is -2.03. The number of pyridine rings is 1.